The van der Waals surface area contributed by atoms with E-state index in [1.54, 1.807) is 6.20 Å². The summed E-state index contributed by atoms with van der Waals surface area (Å²) in [5.74, 6) is 2.54. The highest BCUT2D eigenvalue weighted by Crippen LogP contribution is 2.33. The summed E-state index contributed by atoms with van der Waals surface area (Å²) in [6.07, 6.45) is 3.37. The Morgan fingerprint density at radius 1 is 1.07 bits per heavy atom. The molecule has 0 amide bonds. The van der Waals surface area contributed by atoms with Gasteiger partial charge >= 0.3 is 0 Å². The third kappa shape index (κ3) is 4.18. The van der Waals surface area contributed by atoms with Crippen molar-refractivity contribution in [3.05, 3.63) is 71.8 Å². The highest BCUT2D eigenvalue weighted by Gasteiger charge is 2.16. The van der Waals surface area contributed by atoms with Crippen LogP contribution in [0.3, 0.4) is 0 Å². The fourth-order valence-corrected chi connectivity index (χ4v) is 3.53. The van der Waals surface area contributed by atoms with Crippen molar-refractivity contribution in [2.75, 3.05) is 13.3 Å². The number of ether oxygens (including phenoxy) is 2. The van der Waals surface area contributed by atoms with Crippen molar-refractivity contribution in [1.82, 2.24) is 14.5 Å². The van der Waals surface area contributed by atoms with Crippen LogP contribution < -0.4 is 9.47 Å². The minimum Gasteiger partial charge on any atom is -0.454 e. The molecule has 2 heterocycles. The van der Waals surface area contributed by atoms with E-state index in [9.17, 15) is 5.11 Å². The standard InChI is InChI=1S/C22H25N3O3/c1-16(26)12-24(14-19-5-8-21-22(11-19)28-15-27-21)13-18-3-6-20(7-4-18)25-10-9-23-17(25)2/h3-11,16,26H,12-15H2,1-2H3/t16-/m0/s1. The first kappa shape index (κ1) is 18.5. The highest BCUT2D eigenvalue weighted by atomic mass is 16.7. The third-order valence-corrected chi connectivity index (χ3v) is 4.81. The van der Waals surface area contributed by atoms with Crippen molar-refractivity contribution in [3.8, 4) is 17.2 Å². The van der Waals surface area contributed by atoms with Crippen LogP contribution in [0.25, 0.3) is 5.69 Å². The van der Waals surface area contributed by atoms with Crippen molar-refractivity contribution >= 4 is 0 Å². The van der Waals surface area contributed by atoms with Gasteiger partial charge in [-0.3, -0.25) is 4.90 Å². The van der Waals surface area contributed by atoms with Crippen LogP contribution in [0.2, 0.25) is 0 Å². The Balaban J connectivity index is 1.48. The van der Waals surface area contributed by atoms with Gasteiger partial charge in [-0.25, -0.2) is 4.98 Å². The molecular weight excluding hydrogens is 354 g/mol. The van der Waals surface area contributed by atoms with Gasteiger partial charge in [0.05, 0.1) is 6.10 Å². The zero-order valence-corrected chi connectivity index (χ0v) is 16.2. The second-order valence-corrected chi connectivity index (χ2v) is 7.22. The first-order valence-electron chi connectivity index (χ1n) is 9.47. The predicted octanol–water partition coefficient (Wildman–Crippen LogP) is 3.29. The van der Waals surface area contributed by atoms with E-state index >= 15 is 0 Å². The van der Waals surface area contributed by atoms with Gasteiger partial charge in [-0.2, -0.15) is 0 Å². The lowest BCUT2D eigenvalue weighted by Crippen LogP contribution is -2.30. The summed E-state index contributed by atoms with van der Waals surface area (Å²) in [7, 11) is 0. The number of nitrogens with zero attached hydrogens (tertiary/aromatic N) is 3. The van der Waals surface area contributed by atoms with Gasteiger partial charge in [0.15, 0.2) is 11.5 Å². The van der Waals surface area contributed by atoms with Crippen LogP contribution in [-0.4, -0.2) is 39.0 Å². The molecule has 0 bridgehead atoms. The Hall–Kier alpha value is -2.83. The van der Waals surface area contributed by atoms with Gasteiger partial charge in [-0.1, -0.05) is 18.2 Å². The van der Waals surface area contributed by atoms with Gasteiger partial charge in [0.1, 0.15) is 5.82 Å². The van der Waals surface area contributed by atoms with Gasteiger partial charge in [-0.15, -0.1) is 0 Å². The first-order valence-corrected chi connectivity index (χ1v) is 9.47. The number of fused-ring (bicyclic) bond motifs is 1. The number of hydrogen-bond donors (Lipinski definition) is 1. The highest BCUT2D eigenvalue weighted by molar-refractivity contribution is 5.44. The molecule has 1 aliphatic rings. The lowest BCUT2D eigenvalue weighted by atomic mass is 10.1. The summed E-state index contributed by atoms with van der Waals surface area (Å²) in [5, 5.41) is 9.94. The fraction of sp³-hybridized carbons (Fsp3) is 0.318. The second-order valence-electron chi connectivity index (χ2n) is 7.22. The fourth-order valence-electron chi connectivity index (χ4n) is 3.53. The van der Waals surface area contributed by atoms with Gasteiger partial charge in [0.25, 0.3) is 0 Å². The van der Waals surface area contributed by atoms with Crippen LogP contribution in [0.1, 0.15) is 23.9 Å². The molecule has 3 aromatic rings. The molecule has 0 saturated carbocycles. The number of benzene rings is 2. The molecule has 0 fully saturated rings. The minimum absolute atomic E-state index is 0.277. The Labute approximate surface area is 165 Å². The zero-order chi connectivity index (χ0) is 19.5. The average molecular weight is 379 g/mol. The van der Waals surface area contributed by atoms with E-state index in [4.69, 9.17) is 9.47 Å². The molecule has 0 spiro atoms. The number of aryl methyl sites for hydroxylation is 1. The van der Waals surface area contributed by atoms with Crippen LogP contribution in [0.5, 0.6) is 11.5 Å². The van der Waals surface area contributed by atoms with E-state index in [0.29, 0.717) is 6.54 Å². The Kier molecular flexibility index (Phi) is 5.32. The SMILES string of the molecule is Cc1nccn1-c1ccc(CN(Cc2ccc3c(c2)OCO3)C[C@H](C)O)cc1. The van der Waals surface area contributed by atoms with Crippen LogP contribution in [0.15, 0.2) is 54.9 Å². The molecule has 1 N–H and O–H groups in total. The topological polar surface area (TPSA) is 59.8 Å². The summed E-state index contributed by atoms with van der Waals surface area (Å²) in [4.78, 5) is 6.51. The molecule has 0 radical (unpaired) electrons. The predicted molar refractivity (Wildman–Crippen MR) is 107 cm³/mol. The maximum atomic E-state index is 9.94. The van der Waals surface area contributed by atoms with Gasteiger partial charge in [0.2, 0.25) is 6.79 Å². The van der Waals surface area contributed by atoms with Crippen molar-refractivity contribution in [3.63, 3.8) is 0 Å². The van der Waals surface area contributed by atoms with Crippen LogP contribution >= 0.6 is 0 Å². The van der Waals surface area contributed by atoms with Crippen molar-refractivity contribution < 1.29 is 14.6 Å². The monoisotopic (exact) mass is 379 g/mol. The number of aliphatic hydroxyl groups is 1. The molecule has 2 aromatic carbocycles. The van der Waals surface area contributed by atoms with Gasteiger partial charge in [-0.05, 0) is 49.2 Å². The summed E-state index contributed by atoms with van der Waals surface area (Å²) in [5.41, 5.74) is 3.43. The zero-order valence-electron chi connectivity index (χ0n) is 16.2. The van der Waals surface area contributed by atoms with E-state index in [1.165, 1.54) is 5.56 Å². The molecule has 146 valence electrons. The van der Waals surface area contributed by atoms with Gasteiger partial charge in [0, 0.05) is 37.7 Å². The Morgan fingerprint density at radius 3 is 2.50 bits per heavy atom. The lowest BCUT2D eigenvalue weighted by Gasteiger charge is -2.24. The van der Waals surface area contributed by atoms with E-state index < -0.39 is 6.10 Å². The maximum absolute atomic E-state index is 9.94. The number of imidazole rings is 1. The molecule has 28 heavy (non-hydrogen) atoms. The molecule has 6 heteroatoms. The van der Waals surface area contributed by atoms with E-state index in [2.05, 4.69) is 38.7 Å². The van der Waals surface area contributed by atoms with Crippen LogP contribution in [0, 0.1) is 6.92 Å². The summed E-state index contributed by atoms with van der Waals surface area (Å²) < 4.78 is 12.9. The number of aliphatic hydroxyl groups excluding tert-OH is 1. The second kappa shape index (κ2) is 8.04. The van der Waals surface area contributed by atoms with Crippen LogP contribution in [0.4, 0.5) is 0 Å². The number of hydrogen-bond acceptors (Lipinski definition) is 5. The van der Waals surface area contributed by atoms with E-state index in [0.717, 1.165) is 41.7 Å². The molecule has 1 aliphatic heterocycles. The normalized spacial score (nSPS) is 13.9. The maximum Gasteiger partial charge on any atom is 0.231 e. The molecule has 0 aliphatic carbocycles. The van der Waals surface area contributed by atoms with Crippen LogP contribution in [-0.2, 0) is 13.1 Å². The first-order chi connectivity index (χ1) is 13.6. The molecule has 1 aromatic heterocycles. The van der Waals surface area contributed by atoms with Crippen molar-refractivity contribution in [2.24, 2.45) is 0 Å². The van der Waals surface area contributed by atoms with Gasteiger partial charge < -0.3 is 19.1 Å². The summed E-state index contributed by atoms with van der Waals surface area (Å²) in [6, 6.07) is 14.5. The molecule has 6 nitrogen and oxygen atoms in total. The van der Waals surface area contributed by atoms with Crippen molar-refractivity contribution in [1.29, 1.82) is 0 Å². The number of aromatic nitrogens is 2. The third-order valence-electron chi connectivity index (χ3n) is 4.81. The van der Waals surface area contributed by atoms with E-state index in [-0.39, 0.29) is 6.79 Å². The lowest BCUT2D eigenvalue weighted by molar-refractivity contribution is 0.118. The molecule has 0 saturated heterocycles. The minimum atomic E-state index is -0.401. The largest absolute Gasteiger partial charge is 0.454 e. The van der Waals surface area contributed by atoms with E-state index in [1.807, 2.05) is 38.2 Å². The summed E-state index contributed by atoms with van der Waals surface area (Å²) in [6.45, 7) is 6.16. The van der Waals surface area contributed by atoms with Crippen molar-refractivity contribution in [2.45, 2.75) is 33.0 Å². The Morgan fingerprint density at radius 2 is 1.79 bits per heavy atom. The molecule has 0 unspecified atom stereocenters. The summed E-state index contributed by atoms with van der Waals surface area (Å²) >= 11 is 0. The molecular formula is C22H25N3O3. The Bertz CT molecular complexity index is 934. The molecule has 1 atom stereocenters. The average Bonchev–Trinajstić information content (AvgIpc) is 3.30. The smallest absolute Gasteiger partial charge is 0.231 e. The molecule has 4 rings (SSSR count). The quantitative estimate of drug-likeness (QED) is 0.683. The number of rotatable bonds is 7.